The van der Waals surface area contributed by atoms with Crippen molar-refractivity contribution in [2.45, 2.75) is 31.7 Å². The van der Waals surface area contributed by atoms with E-state index < -0.39 is 0 Å². The van der Waals surface area contributed by atoms with E-state index in [4.69, 9.17) is 0 Å². The third kappa shape index (κ3) is 2.96. The Balaban J connectivity index is 1.55. The normalized spacial score (nSPS) is 18.8. The first kappa shape index (κ1) is 12.2. The summed E-state index contributed by atoms with van der Waals surface area (Å²) in [5.41, 5.74) is 1.96. The molecule has 0 aliphatic carbocycles. The van der Waals surface area contributed by atoms with Crippen LogP contribution in [0.2, 0.25) is 0 Å². The van der Waals surface area contributed by atoms with Crippen molar-refractivity contribution in [1.82, 2.24) is 10.3 Å². The molecule has 1 aromatic carbocycles. The molecule has 1 aliphatic heterocycles. The van der Waals surface area contributed by atoms with Gasteiger partial charge in [-0.2, -0.15) is 0 Å². The predicted molar refractivity (Wildman–Crippen MR) is 77.2 cm³/mol. The van der Waals surface area contributed by atoms with Crippen molar-refractivity contribution in [3.63, 3.8) is 0 Å². The van der Waals surface area contributed by atoms with Gasteiger partial charge in [0.25, 0.3) is 0 Å². The van der Waals surface area contributed by atoms with Gasteiger partial charge >= 0.3 is 0 Å². The molecular weight excluding hydrogens is 238 g/mol. The molecule has 19 heavy (non-hydrogen) atoms. The number of nitrogens with one attached hydrogen (secondary N) is 3. The number of hydrogen-bond acceptors (Lipinski definition) is 2. The Kier molecular flexibility index (Phi) is 3.51. The number of amides is 1. The molecule has 1 amide bonds. The van der Waals surface area contributed by atoms with Crippen LogP contribution in [0.5, 0.6) is 0 Å². The molecule has 0 bridgehead atoms. The van der Waals surface area contributed by atoms with Gasteiger partial charge in [-0.25, -0.2) is 0 Å². The highest BCUT2D eigenvalue weighted by Crippen LogP contribution is 2.18. The number of hydrogen-bond donors (Lipinski definition) is 3. The number of carbonyl (C=O) groups excluding carboxylic acids is 1. The maximum absolute atomic E-state index is 11.9. The SMILES string of the molecule is O=C(CCC1CCCN1)Nc1ccc2[nH]ccc2c1. The summed E-state index contributed by atoms with van der Waals surface area (Å²) in [7, 11) is 0. The lowest BCUT2D eigenvalue weighted by molar-refractivity contribution is -0.116. The van der Waals surface area contributed by atoms with Crippen molar-refractivity contribution in [3.05, 3.63) is 30.5 Å². The first-order valence-electron chi connectivity index (χ1n) is 6.92. The van der Waals surface area contributed by atoms with Crippen molar-refractivity contribution in [2.75, 3.05) is 11.9 Å². The Bertz CT molecular complexity index is 570. The van der Waals surface area contributed by atoms with Crippen molar-refractivity contribution < 1.29 is 4.79 Å². The number of aromatic nitrogens is 1. The molecule has 1 atom stereocenters. The van der Waals surface area contributed by atoms with Gasteiger partial charge in [0.15, 0.2) is 0 Å². The third-order valence-electron chi connectivity index (χ3n) is 3.72. The fraction of sp³-hybridized carbons (Fsp3) is 0.400. The number of rotatable bonds is 4. The lowest BCUT2D eigenvalue weighted by Gasteiger charge is -2.10. The zero-order valence-corrected chi connectivity index (χ0v) is 10.9. The standard InChI is InChI=1S/C15H19N3O/c19-15(6-4-12-2-1-8-16-12)18-13-3-5-14-11(10-13)7-9-17-14/h3,5,7,9-10,12,16-17H,1-2,4,6,8H2,(H,18,19). The van der Waals surface area contributed by atoms with Crippen LogP contribution in [0.4, 0.5) is 5.69 Å². The number of H-pyrrole nitrogens is 1. The topological polar surface area (TPSA) is 56.9 Å². The Morgan fingerprint density at radius 1 is 1.37 bits per heavy atom. The number of anilines is 1. The minimum Gasteiger partial charge on any atom is -0.361 e. The van der Waals surface area contributed by atoms with Crippen LogP contribution < -0.4 is 10.6 Å². The van der Waals surface area contributed by atoms with E-state index in [1.807, 2.05) is 30.5 Å². The van der Waals surface area contributed by atoms with Crippen LogP contribution in [0.15, 0.2) is 30.5 Å². The van der Waals surface area contributed by atoms with Crippen LogP contribution in [0.3, 0.4) is 0 Å². The summed E-state index contributed by atoms with van der Waals surface area (Å²) in [6, 6.07) is 8.46. The molecule has 1 fully saturated rings. The number of fused-ring (bicyclic) bond motifs is 1. The van der Waals surface area contributed by atoms with Crippen LogP contribution in [-0.4, -0.2) is 23.5 Å². The first-order valence-corrected chi connectivity index (χ1v) is 6.92. The zero-order chi connectivity index (χ0) is 13.1. The number of carbonyl (C=O) groups is 1. The third-order valence-corrected chi connectivity index (χ3v) is 3.72. The minimum absolute atomic E-state index is 0.101. The quantitative estimate of drug-likeness (QED) is 0.788. The van der Waals surface area contributed by atoms with Crippen molar-refractivity contribution in [3.8, 4) is 0 Å². The van der Waals surface area contributed by atoms with Gasteiger partial charge in [0, 0.05) is 35.2 Å². The van der Waals surface area contributed by atoms with Crippen LogP contribution in [0.25, 0.3) is 10.9 Å². The predicted octanol–water partition coefficient (Wildman–Crippen LogP) is 2.64. The maximum Gasteiger partial charge on any atom is 0.224 e. The Hall–Kier alpha value is -1.81. The first-order chi connectivity index (χ1) is 9.31. The van der Waals surface area contributed by atoms with Crippen LogP contribution in [0, 0.1) is 0 Å². The van der Waals surface area contributed by atoms with E-state index in [1.165, 1.54) is 12.8 Å². The van der Waals surface area contributed by atoms with Crippen LogP contribution >= 0.6 is 0 Å². The van der Waals surface area contributed by atoms with E-state index in [-0.39, 0.29) is 5.91 Å². The highest BCUT2D eigenvalue weighted by molar-refractivity contribution is 5.93. The van der Waals surface area contributed by atoms with E-state index >= 15 is 0 Å². The highest BCUT2D eigenvalue weighted by Gasteiger charge is 2.15. The molecule has 4 heteroatoms. The number of benzene rings is 1. The van der Waals surface area contributed by atoms with Gasteiger partial charge in [-0.15, -0.1) is 0 Å². The maximum atomic E-state index is 11.9. The summed E-state index contributed by atoms with van der Waals surface area (Å²) in [5.74, 6) is 0.101. The molecule has 100 valence electrons. The van der Waals surface area contributed by atoms with Gasteiger partial charge in [-0.3, -0.25) is 4.79 Å². The molecule has 4 nitrogen and oxygen atoms in total. The molecule has 1 aliphatic rings. The monoisotopic (exact) mass is 257 g/mol. The average Bonchev–Trinajstić information content (AvgIpc) is 3.07. The summed E-state index contributed by atoms with van der Waals surface area (Å²) in [6.45, 7) is 1.09. The molecule has 3 rings (SSSR count). The van der Waals surface area contributed by atoms with Gasteiger partial charge in [0.2, 0.25) is 5.91 Å². The summed E-state index contributed by atoms with van der Waals surface area (Å²) in [5, 5.41) is 7.50. The molecule has 0 radical (unpaired) electrons. The molecule has 1 saturated heterocycles. The Morgan fingerprint density at radius 2 is 2.32 bits per heavy atom. The largest absolute Gasteiger partial charge is 0.361 e. The van der Waals surface area contributed by atoms with E-state index in [2.05, 4.69) is 15.6 Å². The van der Waals surface area contributed by atoms with Gasteiger partial charge in [0.05, 0.1) is 0 Å². The Morgan fingerprint density at radius 3 is 3.16 bits per heavy atom. The molecule has 3 N–H and O–H groups in total. The molecule has 2 heterocycles. The van der Waals surface area contributed by atoms with Crippen LogP contribution in [-0.2, 0) is 4.79 Å². The van der Waals surface area contributed by atoms with E-state index in [1.54, 1.807) is 0 Å². The van der Waals surface area contributed by atoms with Gasteiger partial charge < -0.3 is 15.6 Å². The minimum atomic E-state index is 0.101. The van der Waals surface area contributed by atoms with Gasteiger partial charge in [0.1, 0.15) is 0 Å². The average molecular weight is 257 g/mol. The zero-order valence-electron chi connectivity index (χ0n) is 10.9. The van der Waals surface area contributed by atoms with E-state index in [0.29, 0.717) is 12.5 Å². The smallest absolute Gasteiger partial charge is 0.224 e. The lowest BCUT2D eigenvalue weighted by Crippen LogP contribution is -2.23. The van der Waals surface area contributed by atoms with E-state index in [0.717, 1.165) is 29.6 Å². The molecule has 0 saturated carbocycles. The summed E-state index contributed by atoms with van der Waals surface area (Å²) in [4.78, 5) is 15.0. The van der Waals surface area contributed by atoms with Crippen molar-refractivity contribution >= 4 is 22.5 Å². The highest BCUT2D eigenvalue weighted by atomic mass is 16.1. The van der Waals surface area contributed by atoms with Crippen molar-refractivity contribution in [2.24, 2.45) is 0 Å². The van der Waals surface area contributed by atoms with Gasteiger partial charge in [-0.05, 0) is 50.1 Å². The Labute approximate surface area is 112 Å². The molecular formula is C15H19N3O. The fourth-order valence-electron chi connectivity index (χ4n) is 2.66. The van der Waals surface area contributed by atoms with E-state index in [9.17, 15) is 4.79 Å². The second-order valence-corrected chi connectivity index (χ2v) is 5.16. The summed E-state index contributed by atoms with van der Waals surface area (Å²) in [6.07, 6.45) is 5.85. The molecule has 1 aromatic heterocycles. The molecule has 1 unspecified atom stereocenters. The van der Waals surface area contributed by atoms with Crippen molar-refractivity contribution in [1.29, 1.82) is 0 Å². The van der Waals surface area contributed by atoms with Gasteiger partial charge in [-0.1, -0.05) is 0 Å². The second-order valence-electron chi connectivity index (χ2n) is 5.16. The molecule has 0 spiro atoms. The second kappa shape index (κ2) is 5.45. The summed E-state index contributed by atoms with van der Waals surface area (Å²) < 4.78 is 0. The number of aromatic amines is 1. The summed E-state index contributed by atoms with van der Waals surface area (Å²) >= 11 is 0. The van der Waals surface area contributed by atoms with Crippen LogP contribution in [0.1, 0.15) is 25.7 Å². The fourth-order valence-corrected chi connectivity index (χ4v) is 2.66. The lowest BCUT2D eigenvalue weighted by atomic mass is 10.1. The molecule has 2 aromatic rings.